The topological polar surface area (TPSA) is 29.1 Å². The second kappa shape index (κ2) is 6.32. The van der Waals surface area contributed by atoms with Gasteiger partial charge in [0.05, 0.1) is 0 Å². The molecule has 1 aromatic heterocycles. The normalized spacial score (nSPS) is 15.3. The van der Waals surface area contributed by atoms with Gasteiger partial charge >= 0.3 is 0 Å². The van der Waals surface area contributed by atoms with E-state index in [1.165, 1.54) is 4.88 Å². The van der Waals surface area contributed by atoms with Gasteiger partial charge in [0, 0.05) is 40.3 Å². The first kappa shape index (κ1) is 11.9. The quantitative estimate of drug-likeness (QED) is 0.806. The number of hydrogen-bond acceptors (Lipinski definition) is 3. The minimum absolute atomic E-state index is 0.470. The SMILES string of the molecule is CC(Cc1cccs1)NCCS(C)=O. The maximum absolute atomic E-state index is 10.8. The molecule has 0 saturated carbocycles. The van der Waals surface area contributed by atoms with Crippen LogP contribution in [0.3, 0.4) is 0 Å². The minimum atomic E-state index is -0.681. The van der Waals surface area contributed by atoms with Gasteiger partial charge in [-0.3, -0.25) is 4.21 Å². The first-order chi connectivity index (χ1) is 6.68. The molecule has 14 heavy (non-hydrogen) atoms. The molecule has 0 saturated heterocycles. The van der Waals surface area contributed by atoms with Gasteiger partial charge in [-0.15, -0.1) is 11.3 Å². The maximum atomic E-state index is 10.8. The monoisotopic (exact) mass is 231 g/mol. The van der Waals surface area contributed by atoms with Crippen LogP contribution in [0.15, 0.2) is 17.5 Å². The standard InChI is InChI=1S/C10H17NOS2/c1-9(11-5-7-14(2)12)8-10-4-3-6-13-10/h3-4,6,9,11H,5,7-8H2,1-2H3. The Labute approximate surface area is 92.2 Å². The van der Waals surface area contributed by atoms with E-state index in [0.29, 0.717) is 6.04 Å². The molecule has 1 heterocycles. The van der Waals surface area contributed by atoms with Crippen LogP contribution < -0.4 is 5.32 Å². The van der Waals surface area contributed by atoms with Gasteiger partial charge in [0.1, 0.15) is 0 Å². The van der Waals surface area contributed by atoms with E-state index in [2.05, 4.69) is 29.8 Å². The summed E-state index contributed by atoms with van der Waals surface area (Å²) in [4.78, 5) is 1.41. The molecule has 0 aliphatic rings. The van der Waals surface area contributed by atoms with E-state index in [0.717, 1.165) is 18.7 Å². The molecule has 2 unspecified atom stereocenters. The molecular formula is C10H17NOS2. The molecule has 1 aromatic rings. The Balaban J connectivity index is 2.16. The fourth-order valence-corrected chi connectivity index (χ4v) is 2.49. The van der Waals surface area contributed by atoms with Crippen molar-refractivity contribution in [3.05, 3.63) is 22.4 Å². The Morgan fingerprint density at radius 1 is 1.64 bits per heavy atom. The molecule has 0 radical (unpaired) electrons. The van der Waals surface area contributed by atoms with E-state index in [4.69, 9.17) is 0 Å². The molecule has 2 nitrogen and oxygen atoms in total. The average Bonchev–Trinajstić information content (AvgIpc) is 2.56. The van der Waals surface area contributed by atoms with E-state index in [-0.39, 0.29) is 0 Å². The van der Waals surface area contributed by atoms with Crippen LogP contribution in [0, 0.1) is 0 Å². The molecule has 0 fully saturated rings. The van der Waals surface area contributed by atoms with Gasteiger partial charge in [0.15, 0.2) is 0 Å². The molecule has 0 aliphatic heterocycles. The molecule has 0 aromatic carbocycles. The van der Waals surface area contributed by atoms with Crippen LogP contribution in [0.4, 0.5) is 0 Å². The van der Waals surface area contributed by atoms with Crippen molar-refractivity contribution in [3.63, 3.8) is 0 Å². The summed E-state index contributed by atoms with van der Waals surface area (Å²) in [6, 6.07) is 4.70. The Bertz CT molecular complexity index is 272. The van der Waals surface area contributed by atoms with Crippen molar-refractivity contribution in [1.29, 1.82) is 0 Å². The Morgan fingerprint density at radius 2 is 2.43 bits per heavy atom. The summed E-state index contributed by atoms with van der Waals surface area (Å²) in [7, 11) is -0.681. The summed E-state index contributed by atoms with van der Waals surface area (Å²) in [5, 5.41) is 5.47. The zero-order valence-electron chi connectivity index (χ0n) is 8.66. The van der Waals surface area contributed by atoms with E-state index >= 15 is 0 Å². The highest BCUT2D eigenvalue weighted by Gasteiger charge is 2.03. The van der Waals surface area contributed by atoms with E-state index in [1.54, 1.807) is 17.6 Å². The summed E-state index contributed by atoms with van der Waals surface area (Å²) in [6.07, 6.45) is 2.81. The molecule has 80 valence electrons. The van der Waals surface area contributed by atoms with Crippen LogP contribution in [0.1, 0.15) is 11.8 Å². The van der Waals surface area contributed by atoms with Crippen molar-refractivity contribution >= 4 is 22.1 Å². The first-order valence-electron chi connectivity index (χ1n) is 4.74. The Hall–Kier alpha value is -0.190. The van der Waals surface area contributed by atoms with Gasteiger partial charge in [0.25, 0.3) is 0 Å². The third kappa shape index (κ3) is 4.88. The van der Waals surface area contributed by atoms with Crippen molar-refractivity contribution in [1.82, 2.24) is 5.32 Å². The molecule has 2 atom stereocenters. The van der Waals surface area contributed by atoms with Crippen molar-refractivity contribution in [2.75, 3.05) is 18.6 Å². The zero-order chi connectivity index (χ0) is 10.4. The van der Waals surface area contributed by atoms with E-state index < -0.39 is 10.8 Å². The van der Waals surface area contributed by atoms with Crippen LogP contribution in [0.5, 0.6) is 0 Å². The molecular weight excluding hydrogens is 214 g/mol. The number of hydrogen-bond donors (Lipinski definition) is 1. The highest BCUT2D eigenvalue weighted by molar-refractivity contribution is 7.84. The highest BCUT2D eigenvalue weighted by atomic mass is 32.2. The lowest BCUT2D eigenvalue weighted by Gasteiger charge is -2.11. The van der Waals surface area contributed by atoms with Crippen molar-refractivity contribution in [2.45, 2.75) is 19.4 Å². The van der Waals surface area contributed by atoms with Crippen LogP contribution in [0.2, 0.25) is 0 Å². The highest BCUT2D eigenvalue weighted by Crippen LogP contribution is 2.10. The predicted octanol–water partition coefficient (Wildman–Crippen LogP) is 1.65. The molecule has 4 heteroatoms. The fraction of sp³-hybridized carbons (Fsp3) is 0.600. The summed E-state index contributed by atoms with van der Waals surface area (Å²) in [5.74, 6) is 0.745. The van der Waals surface area contributed by atoms with Crippen molar-refractivity contribution in [2.24, 2.45) is 0 Å². The van der Waals surface area contributed by atoms with Crippen LogP contribution in [0.25, 0.3) is 0 Å². The van der Waals surface area contributed by atoms with Crippen LogP contribution in [-0.4, -0.2) is 28.8 Å². The van der Waals surface area contributed by atoms with Crippen LogP contribution in [-0.2, 0) is 17.2 Å². The number of rotatable bonds is 6. The van der Waals surface area contributed by atoms with E-state index in [9.17, 15) is 4.21 Å². The summed E-state index contributed by atoms with van der Waals surface area (Å²) < 4.78 is 10.8. The van der Waals surface area contributed by atoms with Crippen molar-refractivity contribution < 1.29 is 4.21 Å². The average molecular weight is 231 g/mol. The maximum Gasteiger partial charge on any atom is 0.0357 e. The summed E-state index contributed by atoms with van der Waals surface area (Å²) in [6.45, 7) is 3.01. The lowest BCUT2D eigenvalue weighted by Crippen LogP contribution is -2.31. The number of thiophene rings is 1. The second-order valence-electron chi connectivity index (χ2n) is 3.42. The van der Waals surface area contributed by atoms with Gasteiger partial charge in [0.2, 0.25) is 0 Å². The summed E-state index contributed by atoms with van der Waals surface area (Å²) in [5.41, 5.74) is 0. The molecule has 0 bridgehead atoms. The third-order valence-electron chi connectivity index (χ3n) is 1.97. The lowest BCUT2D eigenvalue weighted by molar-refractivity contribution is 0.569. The number of nitrogens with one attached hydrogen (secondary N) is 1. The van der Waals surface area contributed by atoms with Gasteiger partial charge in [-0.1, -0.05) is 6.07 Å². The minimum Gasteiger partial charge on any atom is -0.313 e. The largest absolute Gasteiger partial charge is 0.313 e. The summed E-state index contributed by atoms with van der Waals surface area (Å²) >= 11 is 1.79. The Kier molecular flexibility index (Phi) is 5.37. The van der Waals surface area contributed by atoms with Gasteiger partial charge in [-0.25, -0.2) is 0 Å². The molecule has 0 spiro atoms. The van der Waals surface area contributed by atoms with Crippen molar-refractivity contribution in [3.8, 4) is 0 Å². The molecule has 0 aliphatic carbocycles. The van der Waals surface area contributed by atoms with Crippen LogP contribution >= 0.6 is 11.3 Å². The van der Waals surface area contributed by atoms with Gasteiger partial charge < -0.3 is 5.32 Å². The molecule has 0 amide bonds. The lowest BCUT2D eigenvalue weighted by atomic mass is 10.2. The molecule has 1 N–H and O–H groups in total. The van der Waals surface area contributed by atoms with Gasteiger partial charge in [-0.2, -0.15) is 0 Å². The first-order valence-corrected chi connectivity index (χ1v) is 7.35. The molecule has 1 rings (SSSR count). The predicted molar refractivity (Wildman–Crippen MR) is 64.4 cm³/mol. The Morgan fingerprint density at radius 3 is 3.00 bits per heavy atom. The zero-order valence-corrected chi connectivity index (χ0v) is 10.3. The van der Waals surface area contributed by atoms with Gasteiger partial charge in [-0.05, 0) is 24.8 Å². The third-order valence-corrected chi connectivity index (χ3v) is 3.65. The smallest absolute Gasteiger partial charge is 0.0357 e. The fourth-order valence-electron chi connectivity index (χ4n) is 1.25. The second-order valence-corrected chi connectivity index (χ2v) is 6.00. The van der Waals surface area contributed by atoms with E-state index in [1.807, 2.05) is 0 Å².